The molecule has 3 aliphatic rings. The van der Waals surface area contributed by atoms with Crippen LogP contribution in [0, 0.1) is 21.7 Å². The Kier molecular flexibility index (Phi) is 8.37. The molecule has 1 aromatic rings. The molecule has 0 saturated heterocycles. The second kappa shape index (κ2) is 10.00. The normalized spacial score (nSPS) is 24.6. The summed E-state index contributed by atoms with van der Waals surface area (Å²) >= 11 is 0. The zero-order chi connectivity index (χ0) is 27.8. The van der Waals surface area contributed by atoms with Gasteiger partial charge in [0.05, 0.1) is 0 Å². The van der Waals surface area contributed by atoms with E-state index in [-0.39, 0.29) is 32.5 Å². The summed E-state index contributed by atoms with van der Waals surface area (Å²) in [7, 11) is 0. The molecule has 36 heavy (non-hydrogen) atoms. The van der Waals surface area contributed by atoms with E-state index in [4.69, 9.17) is 0 Å². The lowest BCUT2D eigenvalue weighted by Gasteiger charge is -2.36. The van der Waals surface area contributed by atoms with E-state index in [1.165, 1.54) is 22.3 Å². The van der Waals surface area contributed by atoms with Crippen molar-refractivity contribution in [2.75, 3.05) is 0 Å². The molecule has 1 aromatic carbocycles. The number of benzene rings is 1. The third kappa shape index (κ3) is 7.24. The Morgan fingerprint density at radius 1 is 0.361 bits per heavy atom. The number of hydrogen-bond acceptors (Lipinski definition) is 0. The molecule has 0 N–H and O–H groups in total. The fourth-order valence-electron chi connectivity index (χ4n) is 4.81. The average molecular weight is 487 g/mol. The molecule has 0 aromatic heterocycles. The monoisotopic (exact) mass is 486 g/mol. The van der Waals surface area contributed by atoms with Gasteiger partial charge in [0, 0.05) is 32.5 Å². The highest BCUT2D eigenvalue weighted by Crippen LogP contribution is 2.43. The van der Waals surface area contributed by atoms with E-state index in [2.05, 4.69) is 170 Å². The summed E-state index contributed by atoms with van der Waals surface area (Å²) in [6, 6.07) is 8.77. The lowest BCUT2D eigenvalue weighted by molar-refractivity contribution is 0.476. The average Bonchev–Trinajstić information content (AvgIpc) is 2.77. The van der Waals surface area contributed by atoms with Crippen LogP contribution >= 0.6 is 0 Å². The highest BCUT2D eigenvalue weighted by molar-refractivity contribution is 5.47. The van der Waals surface area contributed by atoms with Crippen LogP contribution in [0.2, 0.25) is 0 Å². The highest BCUT2D eigenvalue weighted by Gasteiger charge is 2.32. The topological polar surface area (TPSA) is 0 Å². The van der Waals surface area contributed by atoms with Crippen LogP contribution in [0.25, 0.3) is 0 Å². The Bertz CT molecular complexity index is 984. The maximum absolute atomic E-state index is 2.33. The van der Waals surface area contributed by atoms with Gasteiger partial charge >= 0.3 is 0 Å². The Hall–Kier alpha value is -2.08. The van der Waals surface area contributed by atoms with Crippen molar-refractivity contribution in [2.45, 2.75) is 108 Å². The van der Waals surface area contributed by atoms with Crippen molar-refractivity contribution >= 4 is 0 Å². The van der Waals surface area contributed by atoms with Crippen LogP contribution < -0.4 is 0 Å². The number of fused-ring (bicyclic) bond motifs is 1. The third-order valence-corrected chi connectivity index (χ3v) is 8.53. The largest absolute Gasteiger partial charge is 0.0783 e. The Labute approximate surface area is 224 Å². The molecular formula is C36H54. The van der Waals surface area contributed by atoms with Gasteiger partial charge in [-0.3, -0.25) is 0 Å². The van der Waals surface area contributed by atoms with Crippen LogP contribution in [-0.2, 0) is 10.8 Å². The van der Waals surface area contributed by atoms with Crippen molar-refractivity contribution < 1.29 is 0 Å². The molecule has 0 radical (unpaired) electrons. The van der Waals surface area contributed by atoms with Gasteiger partial charge in [-0.05, 0) is 25.0 Å². The molecule has 0 fully saturated rings. The van der Waals surface area contributed by atoms with E-state index < -0.39 is 0 Å². The molecule has 4 rings (SSSR count). The first-order valence-corrected chi connectivity index (χ1v) is 13.7. The zero-order valence-electron chi connectivity index (χ0n) is 25.9. The summed E-state index contributed by atoms with van der Waals surface area (Å²) in [4.78, 5) is 0. The minimum Gasteiger partial charge on any atom is -0.0783 e. The summed E-state index contributed by atoms with van der Waals surface area (Å²) in [5.41, 5.74) is 7.42. The summed E-state index contributed by atoms with van der Waals surface area (Å²) in [5.74, 6) is 0. The quantitative estimate of drug-likeness (QED) is 0.320. The van der Waals surface area contributed by atoms with Gasteiger partial charge in [-0.2, -0.15) is 0 Å². The van der Waals surface area contributed by atoms with Crippen LogP contribution in [0.4, 0.5) is 0 Å². The van der Waals surface area contributed by atoms with Gasteiger partial charge in [-0.25, -0.2) is 0 Å². The molecule has 0 saturated carbocycles. The smallest absolute Gasteiger partial charge is 0.00786 e. The van der Waals surface area contributed by atoms with Crippen molar-refractivity contribution in [3.8, 4) is 0 Å². The van der Waals surface area contributed by atoms with Crippen LogP contribution in [0.5, 0.6) is 0 Å². The van der Waals surface area contributed by atoms with Gasteiger partial charge in [0.25, 0.3) is 0 Å². The summed E-state index contributed by atoms with van der Waals surface area (Å²) in [5, 5.41) is 0. The van der Waals surface area contributed by atoms with Gasteiger partial charge in [0.2, 0.25) is 0 Å². The van der Waals surface area contributed by atoms with Crippen LogP contribution in [0.1, 0.15) is 108 Å². The lowest BCUT2D eigenvalue weighted by atomic mass is 9.68. The minimum atomic E-state index is 0.187. The van der Waals surface area contributed by atoms with Gasteiger partial charge in [0.15, 0.2) is 0 Å². The van der Waals surface area contributed by atoms with Gasteiger partial charge in [-0.15, -0.1) is 0 Å². The van der Waals surface area contributed by atoms with Crippen molar-refractivity contribution in [3.63, 3.8) is 0 Å². The van der Waals surface area contributed by atoms with E-state index in [1.807, 2.05) is 0 Å². The predicted octanol–water partition coefficient (Wildman–Crippen LogP) is 10.9. The van der Waals surface area contributed by atoms with Gasteiger partial charge < -0.3 is 0 Å². The second-order valence-corrected chi connectivity index (χ2v) is 14.7. The van der Waals surface area contributed by atoms with Gasteiger partial charge in [0.1, 0.15) is 0 Å². The van der Waals surface area contributed by atoms with Crippen molar-refractivity contribution in [1.82, 2.24) is 0 Å². The van der Waals surface area contributed by atoms with E-state index in [1.54, 1.807) is 0 Å². The maximum atomic E-state index is 2.33. The number of allylic oxidation sites excluding steroid dienone is 10. The first-order chi connectivity index (χ1) is 16.1. The minimum absolute atomic E-state index is 0.187. The van der Waals surface area contributed by atoms with Gasteiger partial charge in [-0.1, -0.05) is 167 Å². The Morgan fingerprint density at radius 2 is 0.611 bits per heavy atom. The van der Waals surface area contributed by atoms with Crippen molar-refractivity contribution in [1.29, 1.82) is 0 Å². The molecule has 0 unspecified atom stereocenters. The SMILES string of the molecule is CC1(C)C=CC(C)(C)C=C1.CC1(C)C=CC(C)(C)c2ccccc21.CC1=C(C)C(C)(C)C=CC1(C)C. The lowest BCUT2D eigenvalue weighted by Crippen LogP contribution is -2.28. The van der Waals surface area contributed by atoms with Crippen LogP contribution in [-0.4, -0.2) is 0 Å². The molecule has 0 bridgehead atoms. The molecule has 198 valence electrons. The molecule has 0 nitrogen and oxygen atoms in total. The summed E-state index contributed by atoms with van der Waals surface area (Å²) < 4.78 is 0. The predicted molar refractivity (Wildman–Crippen MR) is 163 cm³/mol. The standard InChI is InChI=1S/C14H18.C12H20.C10H16/c1-13(2)9-10-14(3,4)12-8-6-5-7-11(12)13;1-9-10(2)12(5,6)8-7-11(9,3)4;1-9(2)5-7-10(3,4)8-6-9/h5-10H,1-4H3;7-8H,1-6H3;5-8H,1-4H3. The van der Waals surface area contributed by atoms with E-state index in [0.29, 0.717) is 0 Å². The zero-order valence-corrected chi connectivity index (χ0v) is 25.9. The maximum Gasteiger partial charge on any atom is 0.00786 e. The molecule has 0 heteroatoms. The molecular weight excluding hydrogens is 432 g/mol. The fourth-order valence-corrected chi connectivity index (χ4v) is 4.81. The third-order valence-electron chi connectivity index (χ3n) is 8.53. The molecule has 3 aliphatic carbocycles. The molecule has 0 atom stereocenters. The first kappa shape index (κ1) is 30.1. The second-order valence-electron chi connectivity index (χ2n) is 14.7. The number of rotatable bonds is 0. The van der Waals surface area contributed by atoms with Crippen LogP contribution in [0.3, 0.4) is 0 Å². The summed E-state index contributed by atoms with van der Waals surface area (Å²) in [6.07, 6.45) is 18.4. The fraction of sp³-hybridized carbons (Fsp3) is 0.556. The molecule has 0 amide bonds. The van der Waals surface area contributed by atoms with Crippen molar-refractivity contribution in [3.05, 3.63) is 95.1 Å². The molecule has 0 aliphatic heterocycles. The first-order valence-electron chi connectivity index (χ1n) is 13.7. The van der Waals surface area contributed by atoms with E-state index in [9.17, 15) is 0 Å². The van der Waals surface area contributed by atoms with Crippen molar-refractivity contribution in [2.24, 2.45) is 21.7 Å². The molecule has 0 heterocycles. The van der Waals surface area contributed by atoms with Crippen LogP contribution in [0.15, 0.2) is 84.0 Å². The summed E-state index contributed by atoms with van der Waals surface area (Å²) in [6.45, 7) is 31.6. The highest BCUT2D eigenvalue weighted by atomic mass is 14.4. The number of hydrogen-bond donors (Lipinski definition) is 0. The molecule has 0 spiro atoms. The van der Waals surface area contributed by atoms with E-state index in [0.717, 1.165) is 0 Å². The Balaban J connectivity index is 0.000000193. The Morgan fingerprint density at radius 3 is 0.889 bits per heavy atom. The van der Waals surface area contributed by atoms with E-state index >= 15 is 0 Å².